The molecular formula is C53H95NO5. The summed E-state index contributed by atoms with van der Waals surface area (Å²) in [6.07, 6.45) is 57.1. The molecule has 0 rings (SSSR count). The smallest absolute Gasteiger partial charge is 0.306 e. The van der Waals surface area contributed by atoms with E-state index >= 15 is 0 Å². The second-order valence-corrected chi connectivity index (χ2v) is 17.0. The Labute approximate surface area is 365 Å². The van der Waals surface area contributed by atoms with E-state index in [9.17, 15) is 19.8 Å². The molecule has 0 aliphatic heterocycles. The molecule has 0 heterocycles. The summed E-state index contributed by atoms with van der Waals surface area (Å²) in [6, 6.07) is -0.715. The first kappa shape index (κ1) is 56.6. The van der Waals surface area contributed by atoms with Gasteiger partial charge in [0, 0.05) is 6.42 Å². The fraction of sp³-hybridized carbons (Fsp3) is 0.774. The lowest BCUT2D eigenvalue weighted by Gasteiger charge is -2.24. The molecule has 0 aliphatic carbocycles. The molecule has 1 amide bonds. The predicted molar refractivity (Wildman–Crippen MR) is 255 cm³/mol. The van der Waals surface area contributed by atoms with E-state index in [2.05, 4.69) is 38.2 Å². The molecule has 0 aliphatic rings. The fourth-order valence-corrected chi connectivity index (χ4v) is 7.46. The SMILES string of the molecule is CC/C=C/C=C/C=C\C=C/C=C/CCCC(=O)OC(CCCCCCCCCCCCCCCC)CC(=O)NC(CO)C(O)CCCCCCCCCCCCCCC. The monoisotopic (exact) mass is 826 g/mol. The highest BCUT2D eigenvalue weighted by molar-refractivity contribution is 5.77. The van der Waals surface area contributed by atoms with E-state index in [4.69, 9.17) is 4.74 Å². The Bertz CT molecular complexity index is 1060. The zero-order valence-corrected chi connectivity index (χ0v) is 38.9. The maximum Gasteiger partial charge on any atom is 0.306 e. The molecule has 59 heavy (non-hydrogen) atoms. The van der Waals surface area contributed by atoms with Gasteiger partial charge >= 0.3 is 5.97 Å². The van der Waals surface area contributed by atoms with Gasteiger partial charge in [-0.05, 0) is 38.5 Å². The number of carbonyl (C=O) groups excluding carboxylic acids is 2. The van der Waals surface area contributed by atoms with E-state index in [0.29, 0.717) is 25.7 Å². The van der Waals surface area contributed by atoms with Gasteiger partial charge in [-0.3, -0.25) is 9.59 Å². The minimum absolute atomic E-state index is 0.0500. The van der Waals surface area contributed by atoms with Gasteiger partial charge < -0.3 is 20.3 Å². The average Bonchev–Trinajstić information content (AvgIpc) is 3.23. The number of nitrogens with one attached hydrogen (secondary N) is 1. The summed E-state index contributed by atoms with van der Waals surface area (Å²) in [6.45, 7) is 6.33. The van der Waals surface area contributed by atoms with Crippen LogP contribution in [0.2, 0.25) is 0 Å². The zero-order valence-electron chi connectivity index (χ0n) is 38.9. The number of hydrogen-bond donors (Lipinski definition) is 3. The van der Waals surface area contributed by atoms with E-state index in [1.165, 1.54) is 135 Å². The molecule has 0 radical (unpaired) electrons. The largest absolute Gasteiger partial charge is 0.462 e. The maximum atomic E-state index is 13.2. The first-order valence-corrected chi connectivity index (χ1v) is 25.1. The molecule has 6 nitrogen and oxygen atoms in total. The van der Waals surface area contributed by atoms with Gasteiger partial charge in [0.15, 0.2) is 0 Å². The summed E-state index contributed by atoms with van der Waals surface area (Å²) in [7, 11) is 0. The Morgan fingerprint density at radius 2 is 0.898 bits per heavy atom. The van der Waals surface area contributed by atoms with Crippen LogP contribution in [-0.4, -0.2) is 46.9 Å². The standard InChI is InChI=1S/C53H95NO5/c1-4-7-10-13-16-19-22-25-28-29-32-35-38-41-44-49(59-53(58)46-43-40-37-34-31-27-24-21-18-15-12-9-6-3)47-52(57)54-50(48-55)51(56)45-42-39-36-33-30-26-23-20-17-14-11-8-5-2/h9,12,15,18,21,24,27,31,34,37,49-51,55-56H,4-8,10-11,13-14,16-17,19-20,22-23,25-26,28-30,32-33,35-36,38-48H2,1-3H3,(H,54,57)/b12-9+,18-15+,24-21-,31-27-,37-34+. The molecule has 3 N–H and O–H groups in total. The summed E-state index contributed by atoms with van der Waals surface area (Å²) in [4.78, 5) is 26.1. The van der Waals surface area contributed by atoms with E-state index in [1.807, 2.05) is 48.6 Å². The molecule has 0 aromatic rings. The van der Waals surface area contributed by atoms with E-state index in [-0.39, 0.29) is 24.9 Å². The van der Waals surface area contributed by atoms with Gasteiger partial charge in [0.05, 0.1) is 25.2 Å². The van der Waals surface area contributed by atoms with Crippen molar-refractivity contribution in [1.29, 1.82) is 0 Å². The number of rotatable bonds is 44. The Hall–Kier alpha value is -2.44. The van der Waals surface area contributed by atoms with Crippen LogP contribution in [0.3, 0.4) is 0 Å². The van der Waals surface area contributed by atoms with Crippen molar-refractivity contribution in [2.45, 2.75) is 257 Å². The average molecular weight is 826 g/mol. The van der Waals surface area contributed by atoms with Crippen molar-refractivity contribution in [3.8, 4) is 0 Å². The molecule has 0 bridgehead atoms. The molecule has 6 heteroatoms. The van der Waals surface area contributed by atoms with Crippen molar-refractivity contribution >= 4 is 11.9 Å². The number of unbranched alkanes of at least 4 members (excludes halogenated alkanes) is 26. The molecule has 0 saturated heterocycles. The third-order valence-corrected chi connectivity index (χ3v) is 11.2. The van der Waals surface area contributed by atoms with Crippen molar-refractivity contribution in [3.05, 3.63) is 60.8 Å². The minimum Gasteiger partial charge on any atom is -0.462 e. The number of ether oxygens (including phenoxy) is 1. The zero-order chi connectivity index (χ0) is 43.1. The van der Waals surface area contributed by atoms with Crippen molar-refractivity contribution in [1.82, 2.24) is 5.32 Å². The summed E-state index contributed by atoms with van der Waals surface area (Å²) in [5.74, 6) is -0.557. The van der Waals surface area contributed by atoms with Gasteiger partial charge in [0.1, 0.15) is 6.10 Å². The van der Waals surface area contributed by atoms with Crippen molar-refractivity contribution in [2.75, 3.05) is 6.61 Å². The first-order valence-electron chi connectivity index (χ1n) is 25.1. The highest BCUT2D eigenvalue weighted by Gasteiger charge is 2.24. The highest BCUT2D eigenvalue weighted by Crippen LogP contribution is 2.18. The third kappa shape index (κ3) is 42.1. The summed E-state index contributed by atoms with van der Waals surface area (Å²) in [5, 5.41) is 23.7. The van der Waals surface area contributed by atoms with Gasteiger partial charge in [-0.1, -0.05) is 248 Å². The molecule has 0 aromatic carbocycles. The summed E-state index contributed by atoms with van der Waals surface area (Å²) < 4.78 is 5.89. The molecule has 0 fully saturated rings. The Morgan fingerprint density at radius 3 is 1.32 bits per heavy atom. The van der Waals surface area contributed by atoms with Gasteiger partial charge in [-0.2, -0.15) is 0 Å². The lowest BCUT2D eigenvalue weighted by molar-refractivity contribution is -0.151. The first-order chi connectivity index (χ1) is 29.0. The minimum atomic E-state index is -0.799. The molecular weight excluding hydrogens is 731 g/mol. The molecule has 3 atom stereocenters. The van der Waals surface area contributed by atoms with Crippen LogP contribution in [0.15, 0.2) is 60.8 Å². The second kappa shape index (κ2) is 46.6. The molecule has 0 saturated carbocycles. The van der Waals surface area contributed by atoms with Crippen LogP contribution in [0.4, 0.5) is 0 Å². The van der Waals surface area contributed by atoms with Crippen LogP contribution in [-0.2, 0) is 14.3 Å². The van der Waals surface area contributed by atoms with Crippen LogP contribution in [0.1, 0.15) is 239 Å². The number of carbonyl (C=O) groups is 2. The third-order valence-electron chi connectivity index (χ3n) is 11.2. The number of amides is 1. The second-order valence-electron chi connectivity index (χ2n) is 17.0. The van der Waals surface area contributed by atoms with Crippen LogP contribution >= 0.6 is 0 Å². The van der Waals surface area contributed by atoms with Gasteiger partial charge in [0.25, 0.3) is 0 Å². The maximum absolute atomic E-state index is 13.2. The lowest BCUT2D eigenvalue weighted by Crippen LogP contribution is -2.46. The molecule has 3 unspecified atom stereocenters. The topological polar surface area (TPSA) is 95.9 Å². The van der Waals surface area contributed by atoms with Crippen molar-refractivity contribution in [3.63, 3.8) is 0 Å². The quantitative estimate of drug-likeness (QED) is 0.0323. The number of hydrogen-bond acceptors (Lipinski definition) is 5. The van der Waals surface area contributed by atoms with Crippen LogP contribution < -0.4 is 5.32 Å². The Morgan fingerprint density at radius 1 is 0.508 bits per heavy atom. The normalized spacial score (nSPS) is 13.8. The number of esters is 1. The number of aliphatic hydroxyl groups excluding tert-OH is 2. The number of aliphatic hydroxyl groups is 2. The van der Waals surface area contributed by atoms with Gasteiger partial charge in [0.2, 0.25) is 5.91 Å². The van der Waals surface area contributed by atoms with E-state index in [0.717, 1.165) is 51.4 Å². The van der Waals surface area contributed by atoms with Crippen molar-refractivity contribution in [2.24, 2.45) is 0 Å². The fourth-order valence-electron chi connectivity index (χ4n) is 7.46. The van der Waals surface area contributed by atoms with Crippen LogP contribution in [0, 0.1) is 0 Å². The molecule has 0 aromatic heterocycles. The van der Waals surface area contributed by atoms with Crippen LogP contribution in [0.25, 0.3) is 0 Å². The summed E-state index contributed by atoms with van der Waals surface area (Å²) >= 11 is 0. The van der Waals surface area contributed by atoms with Crippen LogP contribution in [0.5, 0.6) is 0 Å². The Balaban J connectivity index is 4.67. The lowest BCUT2D eigenvalue weighted by atomic mass is 10.0. The molecule has 0 spiro atoms. The van der Waals surface area contributed by atoms with E-state index in [1.54, 1.807) is 0 Å². The number of allylic oxidation sites excluding steroid dienone is 10. The summed E-state index contributed by atoms with van der Waals surface area (Å²) in [5.41, 5.74) is 0. The highest BCUT2D eigenvalue weighted by atomic mass is 16.5. The Kier molecular flexibility index (Phi) is 44.7. The molecule has 342 valence electrons. The van der Waals surface area contributed by atoms with Gasteiger partial charge in [-0.25, -0.2) is 0 Å². The predicted octanol–water partition coefficient (Wildman–Crippen LogP) is 14.8. The van der Waals surface area contributed by atoms with Gasteiger partial charge in [-0.15, -0.1) is 0 Å². The van der Waals surface area contributed by atoms with Crippen molar-refractivity contribution < 1.29 is 24.5 Å². The van der Waals surface area contributed by atoms with E-state index < -0.39 is 18.2 Å².